The highest BCUT2D eigenvalue weighted by atomic mass is 16.5. The number of carbonyl (C=O) groups excluding carboxylic acids is 1. The van der Waals surface area contributed by atoms with Gasteiger partial charge in [-0.2, -0.15) is 0 Å². The number of likely N-dealkylation sites (N-methyl/N-ethyl adjacent to an activating group) is 1. The fourth-order valence-corrected chi connectivity index (χ4v) is 1.90. The third-order valence-corrected chi connectivity index (χ3v) is 3.08. The minimum Gasteiger partial charge on any atom is -0.380 e. The van der Waals surface area contributed by atoms with Crippen LogP contribution in [-0.4, -0.2) is 43.7 Å². The quantitative estimate of drug-likeness (QED) is 0.671. The SMILES string of the molecule is CCOCCN(CC)CC(=O)Nc1ccccc1CN. The molecule has 0 aromatic heterocycles. The van der Waals surface area contributed by atoms with Crippen LogP contribution >= 0.6 is 0 Å². The number of para-hydroxylation sites is 1. The lowest BCUT2D eigenvalue weighted by Gasteiger charge is -2.20. The number of nitrogens with zero attached hydrogens (tertiary/aromatic N) is 1. The van der Waals surface area contributed by atoms with Gasteiger partial charge < -0.3 is 15.8 Å². The molecule has 1 rings (SSSR count). The summed E-state index contributed by atoms with van der Waals surface area (Å²) in [5.74, 6) is -0.0238. The van der Waals surface area contributed by atoms with Crippen LogP contribution in [0.3, 0.4) is 0 Å². The largest absolute Gasteiger partial charge is 0.380 e. The highest BCUT2D eigenvalue weighted by Gasteiger charge is 2.10. The summed E-state index contributed by atoms with van der Waals surface area (Å²) in [6.07, 6.45) is 0. The van der Waals surface area contributed by atoms with Crippen LogP contribution < -0.4 is 11.1 Å². The van der Waals surface area contributed by atoms with Crippen molar-refractivity contribution < 1.29 is 9.53 Å². The van der Waals surface area contributed by atoms with Crippen molar-refractivity contribution in [3.8, 4) is 0 Å². The molecule has 112 valence electrons. The molecule has 1 aromatic rings. The highest BCUT2D eigenvalue weighted by molar-refractivity contribution is 5.92. The number of benzene rings is 1. The molecule has 3 N–H and O–H groups in total. The van der Waals surface area contributed by atoms with Crippen molar-refractivity contribution in [3.05, 3.63) is 29.8 Å². The molecule has 0 aliphatic carbocycles. The number of nitrogens with two attached hydrogens (primary N) is 1. The van der Waals surface area contributed by atoms with E-state index in [1.807, 2.05) is 38.1 Å². The number of rotatable bonds is 9. The first-order valence-electron chi connectivity index (χ1n) is 7.09. The molecule has 0 aliphatic heterocycles. The Hall–Kier alpha value is -1.43. The van der Waals surface area contributed by atoms with Crippen LogP contribution in [0.2, 0.25) is 0 Å². The Morgan fingerprint density at radius 1 is 1.35 bits per heavy atom. The Morgan fingerprint density at radius 2 is 2.10 bits per heavy atom. The molecular formula is C15H25N3O2. The predicted molar refractivity (Wildman–Crippen MR) is 81.6 cm³/mol. The molecular weight excluding hydrogens is 254 g/mol. The minimum atomic E-state index is -0.0238. The van der Waals surface area contributed by atoms with Gasteiger partial charge in [-0.15, -0.1) is 0 Å². The molecule has 0 bridgehead atoms. The van der Waals surface area contributed by atoms with E-state index in [0.29, 0.717) is 26.3 Å². The van der Waals surface area contributed by atoms with Crippen LogP contribution in [0.25, 0.3) is 0 Å². The summed E-state index contributed by atoms with van der Waals surface area (Å²) in [5, 5.41) is 2.92. The molecule has 5 nitrogen and oxygen atoms in total. The fraction of sp³-hybridized carbons (Fsp3) is 0.533. The Bertz CT molecular complexity index is 410. The lowest BCUT2D eigenvalue weighted by molar-refractivity contribution is -0.117. The zero-order valence-electron chi connectivity index (χ0n) is 12.4. The Morgan fingerprint density at radius 3 is 2.75 bits per heavy atom. The van der Waals surface area contributed by atoms with E-state index in [0.717, 1.165) is 24.3 Å². The van der Waals surface area contributed by atoms with E-state index in [1.54, 1.807) is 0 Å². The van der Waals surface area contributed by atoms with Gasteiger partial charge in [0.1, 0.15) is 0 Å². The molecule has 0 aliphatic rings. The maximum absolute atomic E-state index is 12.0. The van der Waals surface area contributed by atoms with Gasteiger partial charge in [0.15, 0.2) is 0 Å². The molecule has 5 heteroatoms. The van der Waals surface area contributed by atoms with Crippen LogP contribution in [0.1, 0.15) is 19.4 Å². The number of ether oxygens (including phenoxy) is 1. The maximum Gasteiger partial charge on any atom is 0.238 e. The smallest absolute Gasteiger partial charge is 0.238 e. The number of amides is 1. The third-order valence-electron chi connectivity index (χ3n) is 3.08. The third kappa shape index (κ3) is 5.69. The Balaban J connectivity index is 2.49. The highest BCUT2D eigenvalue weighted by Crippen LogP contribution is 2.13. The van der Waals surface area contributed by atoms with Crippen LogP contribution in [0, 0.1) is 0 Å². The summed E-state index contributed by atoms with van der Waals surface area (Å²) in [7, 11) is 0. The van der Waals surface area contributed by atoms with E-state index in [4.69, 9.17) is 10.5 Å². The monoisotopic (exact) mass is 279 g/mol. The van der Waals surface area contributed by atoms with Crippen molar-refractivity contribution in [2.75, 3.05) is 38.2 Å². The lowest BCUT2D eigenvalue weighted by atomic mass is 10.2. The number of hydrogen-bond donors (Lipinski definition) is 2. The van der Waals surface area contributed by atoms with Gasteiger partial charge in [0.2, 0.25) is 5.91 Å². The molecule has 0 saturated carbocycles. The maximum atomic E-state index is 12.0. The molecule has 0 atom stereocenters. The van der Waals surface area contributed by atoms with Crippen molar-refractivity contribution in [3.63, 3.8) is 0 Å². The molecule has 0 heterocycles. The second-order valence-corrected chi connectivity index (χ2v) is 4.48. The van der Waals surface area contributed by atoms with Crippen LogP contribution in [0.5, 0.6) is 0 Å². The molecule has 1 aromatic carbocycles. The van der Waals surface area contributed by atoms with Gasteiger partial charge in [0, 0.05) is 25.4 Å². The van der Waals surface area contributed by atoms with Crippen molar-refractivity contribution in [2.24, 2.45) is 5.73 Å². The summed E-state index contributed by atoms with van der Waals surface area (Å²) in [4.78, 5) is 14.1. The van der Waals surface area contributed by atoms with Gasteiger partial charge in [-0.25, -0.2) is 0 Å². The van der Waals surface area contributed by atoms with Gasteiger partial charge in [-0.1, -0.05) is 25.1 Å². The molecule has 1 amide bonds. The van der Waals surface area contributed by atoms with E-state index in [1.165, 1.54) is 0 Å². The standard InChI is InChI=1S/C15H25N3O2/c1-3-18(9-10-20-4-2)12-15(19)17-14-8-6-5-7-13(14)11-16/h5-8H,3-4,9-12,16H2,1-2H3,(H,17,19). The van der Waals surface area contributed by atoms with Crippen molar-refractivity contribution in [1.29, 1.82) is 0 Å². The van der Waals surface area contributed by atoms with Crippen LogP contribution in [-0.2, 0) is 16.1 Å². The van der Waals surface area contributed by atoms with E-state index >= 15 is 0 Å². The summed E-state index contributed by atoms with van der Waals surface area (Å²) < 4.78 is 5.31. The first-order chi connectivity index (χ1) is 9.71. The van der Waals surface area contributed by atoms with E-state index in [9.17, 15) is 4.79 Å². The summed E-state index contributed by atoms with van der Waals surface area (Å²) in [6, 6.07) is 7.60. The van der Waals surface area contributed by atoms with Gasteiger partial charge in [-0.05, 0) is 25.1 Å². The minimum absolute atomic E-state index is 0.0238. The first kappa shape index (κ1) is 16.6. The number of nitrogens with one attached hydrogen (secondary N) is 1. The van der Waals surface area contributed by atoms with Crippen molar-refractivity contribution in [1.82, 2.24) is 4.90 Å². The van der Waals surface area contributed by atoms with E-state index in [-0.39, 0.29) is 5.91 Å². The van der Waals surface area contributed by atoms with Crippen LogP contribution in [0.15, 0.2) is 24.3 Å². The predicted octanol–water partition coefficient (Wildman–Crippen LogP) is 1.44. The molecule has 0 unspecified atom stereocenters. The molecule has 0 radical (unpaired) electrons. The van der Waals surface area contributed by atoms with Crippen LogP contribution in [0.4, 0.5) is 5.69 Å². The lowest BCUT2D eigenvalue weighted by Crippen LogP contribution is -2.35. The molecule has 0 fully saturated rings. The zero-order valence-corrected chi connectivity index (χ0v) is 12.4. The Kier molecular flexibility index (Phi) is 7.87. The van der Waals surface area contributed by atoms with Gasteiger partial charge in [0.25, 0.3) is 0 Å². The average Bonchev–Trinajstić information content (AvgIpc) is 2.47. The summed E-state index contributed by atoms with van der Waals surface area (Å²) >= 11 is 0. The summed E-state index contributed by atoms with van der Waals surface area (Å²) in [6.45, 7) is 7.71. The van der Waals surface area contributed by atoms with Gasteiger partial charge >= 0.3 is 0 Å². The number of carbonyl (C=O) groups is 1. The van der Waals surface area contributed by atoms with Crippen molar-refractivity contribution >= 4 is 11.6 Å². The second kappa shape index (κ2) is 9.47. The van der Waals surface area contributed by atoms with Gasteiger partial charge in [0.05, 0.1) is 13.2 Å². The summed E-state index contributed by atoms with van der Waals surface area (Å²) in [5.41, 5.74) is 7.39. The molecule has 20 heavy (non-hydrogen) atoms. The number of anilines is 1. The van der Waals surface area contributed by atoms with Crippen molar-refractivity contribution in [2.45, 2.75) is 20.4 Å². The molecule has 0 spiro atoms. The Labute approximate surface area is 121 Å². The van der Waals surface area contributed by atoms with E-state index in [2.05, 4.69) is 10.2 Å². The normalized spacial score (nSPS) is 10.8. The topological polar surface area (TPSA) is 67.6 Å². The number of hydrogen-bond acceptors (Lipinski definition) is 4. The fourth-order valence-electron chi connectivity index (χ4n) is 1.90. The molecule has 0 saturated heterocycles. The average molecular weight is 279 g/mol. The van der Waals surface area contributed by atoms with E-state index < -0.39 is 0 Å². The first-order valence-corrected chi connectivity index (χ1v) is 7.09. The van der Waals surface area contributed by atoms with Gasteiger partial charge in [-0.3, -0.25) is 9.69 Å². The zero-order chi connectivity index (χ0) is 14.8. The second-order valence-electron chi connectivity index (χ2n) is 4.48.